The Bertz CT molecular complexity index is 925. The van der Waals surface area contributed by atoms with Gasteiger partial charge in [0.2, 0.25) is 0 Å². The molecule has 27 heavy (non-hydrogen) atoms. The third-order valence-corrected chi connectivity index (χ3v) is 4.27. The Morgan fingerprint density at radius 3 is 2.48 bits per heavy atom. The Labute approximate surface area is 158 Å². The van der Waals surface area contributed by atoms with E-state index in [-0.39, 0.29) is 5.91 Å². The quantitative estimate of drug-likeness (QED) is 0.698. The lowest BCUT2D eigenvalue weighted by Gasteiger charge is -2.22. The van der Waals surface area contributed by atoms with Crippen LogP contribution in [0, 0.1) is 11.3 Å². The van der Waals surface area contributed by atoms with E-state index in [4.69, 9.17) is 9.68 Å². The Morgan fingerprint density at radius 2 is 1.81 bits per heavy atom. The first-order valence-electron chi connectivity index (χ1n) is 8.72. The summed E-state index contributed by atoms with van der Waals surface area (Å²) < 4.78 is 5.50. The summed E-state index contributed by atoms with van der Waals surface area (Å²) in [6, 6.07) is 21.2. The Morgan fingerprint density at radius 1 is 1.04 bits per heavy atom. The van der Waals surface area contributed by atoms with E-state index in [1.54, 1.807) is 19.4 Å². The lowest BCUT2D eigenvalue weighted by molar-refractivity contribution is 0.0963. The molecule has 0 aliphatic rings. The molecular formula is C22H21N3O2. The van der Waals surface area contributed by atoms with Crippen molar-refractivity contribution in [1.29, 1.82) is 5.26 Å². The molecule has 1 aromatic heterocycles. The standard InChI is InChI=1S/C22H21N3O2/c1-24-22(26)20-9-7-17(8-10-20)14-25(16-21-6-3-11-27-21)15-19-5-2-4-18(12-19)13-23/h2-12H,14-16H2,1H3,(H,24,26). The average molecular weight is 359 g/mol. The van der Waals surface area contributed by atoms with Gasteiger partial charge >= 0.3 is 0 Å². The molecule has 0 unspecified atom stereocenters. The Kier molecular flexibility index (Phi) is 6.03. The van der Waals surface area contributed by atoms with Crippen LogP contribution >= 0.6 is 0 Å². The molecule has 1 amide bonds. The minimum Gasteiger partial charge on any atom is -0.468 e. The van der Waals surface area contributed by atoms with Crippen molar-refractivity contribution in [3.8, 4) is 6.07 Å². The minimum atomic E-state index is -0.0951. The molecular weight excluding hydrogens is 338 g/mol. The number of furan rings is 1. The molecule has 2 aromatic carbocycles. The average Bonchev–Trinajstić information content (AvgIpc) is 3.21. The van der Waals surface area contributed by atoms with Crippen molar-refractivity contribution in [3.63, 3.8) is 0 Å². The number of nitrogens with one attached hydrogen (secondary N) is 1. The highest BCUT2D eigenvalue weighted by atomic mass is 16.3. The summed E-state index contributed by atoms with van der Waals surface area (Å²) >= 11 is 0. The SMILES string of the molecule is CNC(=O)c1ccc(CN(Cc2cccc(C#N)c2)Cc2ccco2)cc1. The van der Waals surface area contributed by atoms with E-state index in [2.05, 4.69) is 16.3 Å². The van der Waals surface area contributed by atoms with Crippen LogP contribution in [-0.4, -0.2) is 17.9 Å². The van der Waals surface area contributed by atoms with Crippen LogP contribution in [-0.2, 0) is 19.6 Å². The molecule has 0 saturated heterocycles. The maximum Gasteiger partial charge on any atom is 0.251 e. The highest BCUT2D eigenvalue weighted by Crippen LogP contribution is 2.16. The highest BCUT2D eigenvalue weighted by Gasteiger charge is 2.11. The minimum absolute atomic E-state index is 0.0951. The maximum absolute atomic E-state index is 11.7. The van der Waals surface area contributed by atoms with Gasteiger partial charge in [-0.15, -0.1) is 0 Å². The summed E-state index contributed by atoms with van der Waals surface area (Å²) in [4.78, 5) is 13.9. The summed E-state index contributed by atoms with van der Waals surface area (Å²) in [5.74, 6) is 0.788. The van der Waals surface area contributed by atoms with Crippen LogP contribution in [0.5, 0.6) is 0 Å². The molecule has 0 fully saturated rings. The largest absolute Gasteiger partial charge is 0.468 e. The number of rotatable bonds is 7. The van der Waals surface area contributed by atoms with E-state index in [1.807, 2.05) is 54.6 Å². The number of hydrogen-bond donors (Lipinski definition) is 1. The maximum atomic E-state index is 11.7. The van der Waals surface area contributed by atoms with E-state index in [1.165, 1.54) is 0 Å². The van der Waals surface area contributed by atoms with Gasteiger partial charge in [0, 0.05) is 25.7 Å². The molecule has 0 saturated carbocycles. The first-order valence-corrected chi connectivity index (χ1v) is 8.72. The van der Waals surface area contributed by atoms with Gasteiger partial charge < -0.3 is 9.73 Å². The molecule has 0 radical (unpaired) electrons. The molecule has 5 heteroatoms. The van der Waals surface area contributed by atoms with Crippen LogP contribution in [0.2, 0.25) is 0 Å². The zero-order valence-electron chi connectivity index (χ0n) is 15.2. The second-order valence-corrected chi connectivity index (χ2v) is 6.31. The van der Waals surface area contributed by atoms with E-state index >= 15 is 0 Å². The van der Waals surface area contributed by atoms with Gasteiger partial charge in [0.15, 0.2) is 0 Å². The van der Waals surface area contributed by atoms with Crippen molar-refractivity contribution in [2.45, 2.75) is 19.6 Å². The number of carbonyl (C=O) groups is 1. The van der Waals surface area contributed by atoms with Gasteiger partial charge in [-0.3, -0.25) is 9.69 Å². The molecule has 136 valence electrons. The number of nitriles is 1. The number of nitrogens with zero attached hydrogens (tertiary/aromatic N) is 2. The van der Waals surface area contributed by atoms with Gasteiger partial charge in [-0.25, -0.2) is 0 Å². The van der Waals surface area contributed by atoms with Crippen molar-refractivity contribution in [1.82, 2.24) is 10.2 Å². The van der Waals surface area contributed by atoms with Crippen molar-refractivity contribution in [3.05, 3.63) is 94.9 Å². The smallest absolute Gasteiger partial charge is 0.251 e. The number of carbonyl (C=O) groups excluding carboxylic acids is 1. The second kappa shape index (κ2) is 8.84. The molecule has 3 rings (SSSR count). The monoisotopic (exact) mass is 359 g/mol. The first kappa shape index (κ1) is 18.4. The van der Waals surface area contributed by atoms with Crippen molar-refractivity contribution < 1.29 is 9.21 Å². The number of hydrogen-bond acceptors (Lipinski definition) is 4. The fourth-order valence-electron chi connectivity index (χ4n) is 2.95. The van der Waals surface area contributed by atoms with Crippen LogP contribution in [0.25, 0.3) is 0 Å². The summed E-state index contributed by atoms with van der Waals surface area (Å²) in [6.07, 6.45) is 1.67. The van der Waals surface area contributed by atoms with Gasteiger partial charge in [-0.05, 0) is 47.5 Å². The van der Waals surface area contributed by atoms with Gasteiger partial charge in [0.1, 0.15) is 5.76 Å². The van der Waals surface area contributed by atoms with Crippen molar-refractivity contribution in [2.24, 2.45) is 0 Å². The predicted octanol–water partition coefficient (Wildman–Crippen LogP) is 3.71. The van der Waals surface area contributed by atoms with Crippen LogP contribution < -0.4 is 5.32 Å². The van der Waals surface area contributed by atoms with E-state index < -0.39 is 0 Å². The van der Waals surface area contributed by atoms with Crippen molar-refractivity contribution in [2.75, 3.05) is 7.05 Å². The lowest BCUT2D eigenvalue weighted by atomic mass is 10.1. The fraction of sp³-hybridized carbons (Fsp3) is 0.182. The van der Waals surface area contributed by atoms with Crippen LogP contribution in [0.15, 0.2) is 71.3 Å². The zero-order valence-corrected chi connectivity index (χ0v) is 15.2. The van der Waals surface area contributed by atoms with E-state index in [0.717, 1.165) is 16.9 Å². The van der Waals surface area contributed by atoms with Gasteiger partial charge in [-0.2, -0.15) is 5.26 Å². The molecule has 5 nitrogen and oxygen atoms in total. The highest BCUT2D eigenvalue weighted by molar-refractivity contribution is 5.93. The Balaban J connectivity index is 1.77. The summed E-state index contributed by atoms with van der Waals surface area (Å²) in [5.41, 5.74) is 3.47. The van der Waals surface area contributed by atoms with Gasteiger partial charge in [-0.1, -0.05) is 24.3 Å². The molecule has 0 aliphatic carbocycles. The second-order valence-electron chi connectivity index (χ2n) is 6.31. The topological polar surface area (TPSA) is 69.3 Å². The van der Waals surface area contributed by atoms with Crippen molar-refractivity contribution >= 4 is 5.91 Å². The molecule has 3 aromatic rings. The molecule has 1 N–H and O–H groups in total. The predicted molar refractivity (Wildman–Crippen MR) is 103 cm³/mol. The molecule has 0 atom stereocenters. The number of benzene rings is 2. The van der Waals surface area contributed by atoms with E-state index in [0.29, 0.717) is 30.8 Å². The molecule has 1 heterocycles. The Hall–Kier alpha value is -3.36. The lowest BCUT2D eigenvalue weighted by Crippen LogP contribution is -2.22. The third kappa shape index (κ3) is 5.06. The normalized spacial score (nSPS) is 10.6. The molecule has 0 spiro atoms. The summed E-state index contributed by atoms with van der Waals surface area (Å²) in [7, 11) is 1.62. The first-order chi connectivity index (χ1) is 13.2. The van der Waals surface area contributed by atoms with Crippen LogP contribution in [0.1, 0.15) is 32.8 Å². The van der Waals surface area contributed by atoms with E-state index in [9.17, 15) is 4.79 Å². The third-order valence-electron chi connectivity index (χ3n) is 4.27. The van der Waals surface area contributed by atoms with Gasteiger partial charge in [0.05, 0.1) is 24.4 Å². The molecule has 0 aliphatic heterocycles. The summed E-state index contributed by atoms with van der Waals surface area (Å²) in [6.45, 7) is 2.04. The number of amides is 1. The fourth-order valence-corrected chi connectivity index (χ4v) is 2.95. The zero-order chi connectivity index (χ0) is 19.1. The molecule has 0 bridgehead atoms. The van der Waals surface area contributed by atoms with Crippen LogP contribution in [0.3, 0.4) is 0 Å². The van der Waals surface area contributed by atoms with Gasteiger partial charge in [0.25, 0.3) is 5.91 Å². The summed E-state index contributed by atoms with van der Waals surface area (Å²) in [5, 5.41) is 11.7. The van der Waals surface area contributed by atoms with Crippen LogP contribution in [0.4, 0.5) is 0 Å².